The van der Waals surface area contributed by atoms with Crippen LogP contribution in [0.15, 0.2) is 24.3 Å². The normalized spacial score (nSPS) is 17.6. The predicted octanol–water partition coefficient (Wildman–Crippen LogP) is 3.50. The molecule has 0 aromatic heterocycles. The first kappa shape index (κ1) is 19.6. The van der Waals surface area contributed by atoms with Gasteiger partial charge in [-0.2, -0.15) is 0 Å². The van der Waals surface area contributed by atoms with Gasteiger partial charge in [-0.3, -0.25) is 4.79 Å². The van der Waals surface area contributed by atoms with E-state index in [1.807, 2.05) is 24.3 Å². The van der Waals surface area contributed by atoms with E-state index in [9.17, 15) is 4.79 Å². The van der Waals surface area contributed by atoms with Crippen LogP contribution >= 0.6 is 35.8 Å². The summed E-state index contributed by atoms with van der Waals surface area (Å²) in [4.78, 5) is 11.8. The van der Waals surface area contributed by atoms with E-state index < -0.39 is 0 Å². The molecule has 1 aliphatic rings. The summed E-state index contributed by atoms with van der Waals surface area (Å²) in [5, 5.41) is 7.17. The third-order valence-corrected chi connectivity index (χ3v) is 4.90. The van der Waals surface area contributed by atoms with Crippen LogP contribution in [0.2, 0.25) is 5.02 Å². The van der Waals surface area contributed by atoms with E-state index in [4.69, 9.17) is 11.6 Å². The lowest BCUT2D eigenvalue weighted by Crippen LogP contribution is -2.33. The van der Waals surface area contributed by atoms with E-state index in [1.54, 1.807) is 11.8 Å². The summed E-state index contributed by atoms with van der Waals surface area (Å²) in [6, 6.07) is 7.79. The van der Waals surface area contributed by atoms with Crippen LogP contribution in [0.4, 0.5) is 0 Å². The second kappa shape index (κ2) is 11.2. The Morgan fingerprint density at radius 1 is 1.45 bits per heavy atom. The van der Waals surface area contributed by atoms with Gasteiger partial charge in [0.15, 0.2) is 0 Å². The number of hydrogen-bond donors (Lipinski definition) is 2. The molecule has 0 radical (unpaired) electrons. The smallest absolute Gasteiger partial charge is 0.230 e. The van der Waals surface area contributed by atoms with Crippen molar-refractivity contribution in [2.45, 2.75) is 25.0 Å². The van der Waals surface area contributed by atoms with Crippen LogP contribution in [0.5, 0.6) is 0 Å². The summed E-state index contributed by atoms with van der Waals surface area (Å²) in [7, 11) is 0. The summed E-state index contributed by atoms with van der Waals surface area (Å²) < 4.78 is 0. The number of amides is 1. The molecule has 124 valence electrons. The highest BCUT2D eigenvalue weighted by molar-refractivity contribution is 7.99. The molecular weight excluding hydrogens is 339 g/mol. The van der Waals surface area contributed by atoms with Crippen LogP contribution in [0.3, 0.4) is 0 Å². The molecule has 2 rings (SSSR count). The van der Waals surface area contributed by atoms with E-state index in [-0.39, 0.29) is 18.3 Å². The van der Waals surface area contributed by atoms with Crippen molar-refractivity contribution in [2.75, 3.05) is 25.4 Å². The van der Waals surface area contributed by atoms with Crippen molar-refractivity contribution in [3.05, 3.63) is 34.9 Å². The van der Waals surface area contributed by atoms with Gasteiger partial charge in [0.1, 0.15) is 0 Å². The van der Waals surface area contributed by atoms with Gasteiger partial charge in [0.25, 0.3) is 0 Å². The van der Waals surface area contributed by atoms with Gasteiger partial charge in [0.2, 0.25) is 5.91 Å². The Hall–Kier alpha value is -0.420. The molecule has 1 atom stereocenters. The second-order valence-corrected chi connectivity index (χ2v) is 6.90. The van der Waals surface area contributed by atoms with Crippen LogP contribution in [-0.2, 0) is 10.5 Å². The highest BCUT2D eigenvalue weighted by Crippen LogP contribution is 2.16. The van der Waals surface area contributed by atoms with Crippen LogP contribution in [0.25, 0.3) is 0 Å². The molecule has 1 heterocycles. The molecule has 1 amide bonds. The van der Waals surface area contributed by atoms with Gasteiger partial charge < -0.3 is 10.6 Å². The molecule has 1 aromatic carbocycles. The standard InChI is InChI=1S/C16H23ClN2OS.ClH/c17-15-5-1-3-14(9-15)11-21-12-16(20)19-8-6-13-4-2-7-18-10-13;/h1,3,5,9,13,18H,2,4,6-8,10-12H2,(H,19,20);1H. The minimum atomic E-state index is 0. The van der Waals surface area contributed by atoms with Crippen molar-refractivity contribution in [2.24, 2.45) is 5.92 Å². The molecule has 1 unspecified atom stereocenters. The SMILES string of the molecule is Cl.O=C(CSCc1cccc(Cl)c1)NCCC1CCCNC1. The Balaban J connectivity index is 0.00000242. The van der Waals surface area contributed by atoms with Crippen molar-refractivity contribution in [3.63, 3.8) is 0 Å². The zero-order valence-corrected chi connectivity index (χ0v) is 15.0. The molecule has 0 bridgehead atoms. The van der Waals surface area contributed by atoms with Crippen molar-refractivity contribution in [1.29, 1.82) is 0 Å². The first-order chi connectivity index (χ1) is 10.2. The van der Waals surface area contributed by atoms with Gasteiger partial charge in [-0.1, -0.05) is 23.7 Å². The molecule has 3 nitrogen and oxygen atoms in total. The van der Waals surface area contributed by atoms with Crippen LogP contribution in [0, 0.1) is 5.92 Å². The first-order valence-corrected chi connectivity index (χ1v) is 9.07. The van der Waals surface area contributed by atoms with Gasteiger partial charge >= 0.3 is 0 Å². The molecule has 1 aromatic rings. The fourth-order valence-electron chi connectivity index (χ4n) is 2.53. The average molecular weight is 363 g/mol. The maximum absolute atomic E-state index is 11.8. The molecular formula is C16H24Cl2N2OS. The summed E-state index contributed by atoms with van der Waals surface area (Å²) in [6.45, 7) is 3.03. The number of piperidine rings is 1. The number of thioether (sulfide) groups is 1. The summed E-state index contributed by atoms with van der Waals surface area (Å²) in [5.74, 6) is 2.18. The average Bonchev–Trinajstić information content (AvgIpc) is 2.48. The molecule has 1 fully saturated rings. The summed E-state index contributed by atoms with van der Waals surface area (Å²) >= 11 is 7.56. The topological polar surface area (TPSA) is 41.1 Å². The Morgan fingerprint density at radius 2 is 2.32 bits per heavy atom. The molecule has 1 saturated heterocycles. The third kappa shape index (κ3) is 7.73. The first-order valence-electron chi connectivity index (χ1n) is 7.53. The van der Waals surface area contributed by atoms with E-state index in [2.05, 4.69) is 10.6 Å². The van der Waals surface area contributed by atoms with E-state index in [0.29, 0.717) is 5.75 Å². The molecule has 22 heavy (non-hydrogen) atoms. The maximum Gasteiger partial charge on any atom is 0.230 e. The monoisotopic (exact) mass is 362 g/mol. The number of nitrogens with one attached hydrogen (secondary N) is 2. The van der Waals surface area contributed by atoms with Crippen molar-refractivity contribution >= 4 is 41.7 Å². The van der Waals surface area contributed by atoms with Gasteiger partial charge in [0, 0.05) is 17.3 Å². The quantitative estimate of drug-likeness (QED) is 0.779. The molecule has 0 saturated carbocycles. The molecule has 1 aliphatic heterocycles. The molecule has 6 heteroatoms. The number of hydrogen-bond acceptors (Lipinski definition) is 3. The summed E-state index contributed by atoms with van der Waals surface area (Å²) in [5.41, 5.74) is 1.16. The Bertz CT molecular complexity index is 454. The number of rotatable bonds is 7. The number of carbonyl (C=O) groups excluding carboxylic acids is 1. The lowest BCUT2D eigenvalue weighted by Gasteiger charge is -2.22. The van der Waals surface area contributed by atoms with Crippen LogP contribution < -0.4 is 10.6 Å². The van der Waals surface area contributed by atoms with Gasteiger partial charge in [-0.05, 0) is 56.0 Å². The number of carbonyl (C=O) groups is 1. The summed E-state index contributed by atoms with van der Waals surface area (Å²) in [6.07, 6.45) is 3.62. The van der Waals surface area contributed by atoms with Gasteiger partial charge in [-0.15, -0.1) is 24.2 Å². The highest BCUT2D eigenvalue weighted by Gasteiger charge is 2.12. The minimum Gasteiger partial charge on any atom is -0.355 e. The lowest BCUT2D eigenvalue weighted by atomic mass is 9.96. The van der Waals surface area contributed by atoms with Gasteiger partial charge in [0.05, 0.1) is 5.75 Å². The fourth-order valence-corrected chi connectivity index (χ4v) is 3.54. The second-order valence-electron chi connectivity index (χ2n) is 5.47. The number of benzene rings is 1. The molecule has 2 N–H and O–H groups in total. The van der Waals surface area contributed by atoms with E-state index >= 15 is 0 Å². The zero-order chi connectivity index (χ0) is 14.9. The fraction of sp³-hybridized carbons (Fsp3) is 0.562. The third-order valence-electron chi connectivity index (χ3n) is 3.66. The molecule has 0 spiro atoms. The van der Waals surface area contributed by atoms with Gasteiger partial charge in [-0.25, -0.2) is 0 Å². The zero-order valence-electron chi connectivity index (χ0n) is 12.6. The Morgan fingerprint density at radius 3 is 3.05 bits per heavy atom. The van der Waals surface area contributed by atoms with Crippen molar-refractivity contribution in [1.82, 2.24) is 10.6 Å². The highest BCUT2D eigenvalue weighted by atomic mass is 35.5. The van der Waals surface area contributed by atoms with E-state index in [0.717, 1.165) is 48.3 Å². The Kier molecular flexibility index (Phi) is 9.96. The largest absolute Gasteiger partial charge is 0.355 e. The minimum absolute atomic E-state index is 0. The van der Waals surface area contributed by atoms with Crippen LogP contribution in [-0.4, -0.2) is 31.3 Å². The van der Waals surface area contributed by atoms with Crippen LogP contribution in [0.1, 0.15) is 24.8 Å². The maximum atomic E-state index is 11.8. The number of halogens is 2. The Labute approximate surface area is 148 Å². The van der Waals surface area contributed by atoms with Crippen molar-refractivity contribution in [3.8, 4) is 0 Å². The lowest BCUT2D eigenvalue weighted by molar-refractivity contribution is -0.118. The predicted molar refractivity (Wildman–Crippen MR) is 98.1 cm³/mol. The van der Waals surface area contributed by atoms with Crippen molar-refractivity contribution < 1.29 is 4.79 Å². The molecule has 0 aliphatic carbocycles. The van der Waals surface area contributed by atoms with E-state index in [1.165, 1.54) is 12.8 Å².